The first-order valence-electron chi connectivity index (χ1n) is 8.45. The monoisotopic (exact) mass is 425 g/mol. The van der Waals surface area contributed by atoms with E-state index in [1.165, 1.54) is 25.3 Å². The lowest BCUT2D eigenvalue weighted by Crippen LogP contribution is -2.15. The average Bonchev–Trinajstić information content (AvgIpc) is 2.67. The van der Waals surface area contributed by atoms with Crippen LogP contribution in [0.1, 0.15) is 27.2 Å². The third-order valence-electron chi connectivity index (χ3n) is 4.16. The van der Waals surface area contributed by atoms with E-state index >= 15 is 0 Å². The van der Waals surface area contributed by atoms with Crippen molar-refractivity contribution in [2.75, 3.05) is 5.32 Å². The van der Waals surface area contributed by atoms with E-state index in [0.717, 1.165) is 36.4 Å². The average molecular weight is 425 g/mol. The van der Waals surface area contributed by atoms with Crippen LogP contribution >= 0.6 is 0 Å². The van der Waals surface area contributed by atoms with Gasteiger partial charge in [0, 0.05) is 11.9 Å². The van der Waals surface area contributed by atoms with Crippen LogP contribution in [-0.4, -0.2) is 15.9 Å². The number of aryl methyl sites for hydroxylation is 1. The number of halogens is 6. The van der Waals surface area contributed by atoms with Crippen LogP contribution in [-0.2, 0) is 12.4 Å². The lowest BCUT2D eigenvalue weighted by atomic mass is 10.1. The Kier molecular flexibility index (Phi) is 5.51. The minimum atomic E-state index is -4.63. The second kappa shape index (κ2) is 7.77. The lowest BCUT2D eigenvalue weighted by molar-refractivity contribution is -0.138. The van der Waals surface area contributed by atoms with Gasteiger partial charge in [-0.25, -0.2) is 0 Å². The van der Waals surface area contributed by atoms with Gasteiger partial charge in [0.1, 0.15) is 5.69 Å². The largest absolute Gasteiger partial charge is 0.418 e. The number of nitrogens with zero attached hydrogens (tertiary/aromatic N) is 2. The van der Waals surface area contributed by atoms with E-state index in [0.29, 0.717) is 0 Å². The number of pyridine rings is 2. The van der Waals surface area contributed by atoms with Gasteiger partial charge in [-0.3, -0.25) is 14.8 Å². The molecule has 1 amide bonds. The van der Waals surface area contributed by atoms with Gasteiger partial charge in [-0.2, -0.15) is 26.3 Å². The number of benzene rings is 1. The van der Waals surface area contributed by atoms with Crippen molar-refractivity contribution in [3.63, 3.8) is 0 Å². The van der Waals surface area contributed by atoms with Crippen LogP contribution in [0.5, 0.6) is 0 Å². The van der Waals surface area contributed by atoms with Gasteiger partial charge in [-0.15, -0.1) is 0 Å². The number of hydrogen-bond acceptors (Lipinski definition) is 3. The summed E-state index contributed by atoms with van der Waals surface area (Å²) in [4.78, 5) is 20.2. The molecule has 0 saturated heterocycles. The minimum Gasteiger partial charge on any atom is -0.322 e. The highest BCUT2D eigenvalue weighted by Crippen LogP contribution is 2.35. The summed E-state index contributed by atoms with van der Waals surface area (Å²) in [5.41, 5.74) is -1.94. The molecular formula is C20H13F6N3O. The predicted molar refractivity (Wildman–Crippen MR) is 96.6 cm³/mol. The smallest absolute Gasteiger partial charge is 0.322 e. The number of alkyl halides is 6. The number of amides is 1. The molecule has 0 atom stereocenters. The fraction of sp³-hybridized carbons (Fsp3) is 0.150. The molecule has 2 heterocycles. The van der Waals surface area contributed by atoms with Gasteiger partial charge >= 0.3 is 12.4 Å². The Balaban J connectivity index is 1.85. The van der Waals surface area contributed by atoms with E-state index in [-0.39, 0.29) is 28.3 Å². The third kappa shape index (κ3) is 4.58. The first-order valence-corrected chi connectivity index (χ1v) is 8.45. The van der Waals surface area contributed by atoms with E-state index in [1.54, 1.807) is 0 Å². The Hall–Kier alpha value is -3.43. The quantitative estimate of drug-likeness (QED) is 0.545. The highest BCUT2D eigenvalue weighted by atomic mass is 19.4. The van der Waals surface area contributed by atoms with Crippen LogP contribution in [0.25, 0.3) is 11.4 Å². The van der Waals surface area contributed by atoms with Crippen LogP contribution in [0.4, 0.5) is 32.0 Å². The third-order valence-corrected chi connectivity index (χ3v) is 4.16. The number of aromatic nitrogens is 2. The molecule has 4 nitrogen and oxygen atoms in total. The van der Waals surface area contributed by atoms with Crippen LogP contribution < -0.4 is 5.32 Å². The molecule has 2 aromatic heterocycles. The lowest BCUT2D eigenvalue weighted by Gasteiger charge is -2.13. The van der Waals surface area contributed by atoms with Gasteiger partial charge in [0.15, 0.2) is 0 Å². The summed E-state index contributed by atoms with van der Waals surface area (Å²) in [5, 5.41) is 2.43. The topological polar surface area (TPSA) is 54.9 Å². The van der Waals surface area contributed by atoms with E-state index in [1.807, 2.05) is 0 Å². The van der Waals surface area contributed by atoms with Gasteiger partial charge in [0.05, 0.1) is 28.1 Å². The minimum absolute atomic E-state index is 0.0585. The van der Waals surface area contributed by atoms with Crippen LogP contribution in [0.15, 0.2) is 54.7 Å². The molecule has 30 heavy (non-hydrogen) atoms. The first-order chi connectivity index (χ1) is 14.0. The Morgan fingerprint density at radius 1 is 0.900 bits per heavy atom. The van der Waals surface area contributed by atoms with Crippen molar-refractivity contribution in [2.24, 2.45) is 0 Å². The van der Waals surface area contributed by atoms with Gasteiger partial charge in [0.2, 0.25) is 0 Å². The van der Waals surface area contributed by atoms with Crippen LogP contribution in [0, 0.1) is 6.92 Å². The molecule has 10 heteroatoms. The number of anilines is 1. The summed E-state index contributed by atoms with van der Waals surface area (Å²) in [6.45, 7) is 1.43. The molecule has 3 rings (SSSR count). The van der Waals surface area contributed by atoms with Gasteiger partial charge in [-0.05, 0) is 55.5 Å². The molecule has 0 fully saturated rings. The molecule has 0 saturated carbocycles. The fourth-order valence-corrected chi connectivity index (χ4v) is 2.71. The van der Waals surface area contributed by atoms with Crippen molar-refractivity contribution in [2.45, 2.75) is 19.3 Å². The summed E-state index contributed by atoms with van der Waals surface area (Å²) in [6.07, 6.45) is -7.93. The second-order valence-corrected chi connectivity index (χ2v) is 6.26. The molecular weight excluding hydrogens is 412 g/mol. The highest BCUT2D eigenvalue weighted by Gasteiger charge is 2.34. The number of nitrogens with one attached hydrogen (secondary N) is 1. The molecule has 3 aromatic rings. The summed E-state index contributed by atoms with van der Waals surface area (Å²) >= 11 is 0. The Morgan fingerprint density at radius 3 is 2.13 bits per heavy atom. The van der Waals surface area contributed by atoms with E-state index in [4.69, 9.17) is 0 Å². The van der Waals surface area contributed by atoms with Crippen molar-refractivity contribution >= 4 is 11.6 Å². The second-order valence-electron chi connectivity index (χ2n) is 6.26. The fourth-order valence-electron chi connectivity index (χ4n) is 2.71. The highest BCUT2D eigenvalue weighted by molar-refractivity contribution is 6.05. The Labute approximate surface area is 166 Å². The van der Waals surface area contributed by atoms with Crippen LogP contribution in [0.2, 0.25) is 0 Å². The van der Waals surface area contributed by atoms with E-state index in [9.17, 15) is 31.1 Å². The zero-order valence-electron chi connectivity index (χ0n) is 15.3. The van der Waals surface area contributed by atoms with Crippen LogP contribution in [0.3, 0.4) is 0 Å². The maximum absolute atomic E-state index is 13.2. The molecule has 0 radical (unpaired) electrons. The number of carbonyl (C=O) groups excluding carboxylic acids is 1. The molecule has 0 aliphatic heterocycles. The molecule has 1 aromatic carbocycles. The number of hydrogen-bond donors (Lipinski definition) is 1. The summed E-state index contributed by atoms with van der Waals surface area (Å²) in [6, 6.07) is 8.39. The summed E-state index contributed by atoms with van der Waals surface area (Å²) < 4.78 is 77.4. The first kappa shape index (κ1) is 21.3. The van der Waals surface area contributed by atoms with Crippen molar-refractivity contribution in [3.8, 4) is 11.4 Å². The standard InChI is InChI=1S/C20H13F6N3O/c1-11-14(18(30)29-13-6-4-12(5-7-13)19(21,22)23)8-9-16(28-11)17-15(20(24,25)26)3-2-10-27-17/h2-10H,1H3,(H,29,30). The zero-order chi connectivity index (χ0) is 22.1. The van der Waals surface area contributed by atoms with Gasteiger partial charge in [-0.1, -0.05) is 0 Å². The molecule has 1 N–H and O–H groups in total. The maximum atomic E-state index is 13.2. The van der Waals surface area contributed by atoms with Gasteiger partial charge < -0.3 is 5.32 Å². The summed E-state index contributed by atoms with van der Waals surface area (Å²) in [5.74, 6) is -0.664. The summed E-state index contributed by atoms with van der Waals surface area (Å²) in [7, 11) is 0. The molecule has 0 aliphatic carbocycles. The van der Waals surface area contributed by atoms with Gasteiger partial charge in [0.25, 0.3) is 5.91 Å². The Morgan fingerprint density at radius 2 is 1.57 bits per heavy atom. The normalized spacial score (nSPS) is 12.0. The predicted octanol–water partition coefficient (Wildman–Crippen LogP) is 5.74. The van der Waals surface area contributed by atoms with Crippen molar-refractivity contribution < 1.29 is 31.1 Å². The molecule has 0 aliphatic rings. The molecule has 0 unspecified atom stereocenters. The number of carbonyl (C=O) groups is 1. The molecule has 156 valence electrons. The van der Waals surface area contributed by atoms with Crippen molar-refractivity contribution in [1.29, 1.82) is 0 Å². The molecule has 0 spiro atoms. The SMILES string of the molecule is Cc1nc(-c2ncccc2C(F)(F)F)ccc1C(=O)Nc1ccc(C(F)(F)F)cc1. The maximum Gasteiger partial charge on any atom is 0.418 e. The molecule has 0 bridgehead atoms. The van der Waals surface area contributed by atoms with E-state index < -0.39 is 29.4 Å². The van der Waals surface area contributed by atoms with Crippen molar-refractivity contribution in [1.82, 2.24) is 9.97 Å². The Bertz CT molecular complexity index is 1080. The van der Waals surface area contributed by atoms with Crippen molar-refractivity contribution in [3.05, 3.63) is 77.1 Å². The number of rotatable bonds is 3. The van der Waals surface area contributed by atoms with E-state index in [2.05, 4.69) is 15.3 Å². The zero-order valence-corrected chi connectivity index (χ0v) is 15.3.